The number of rotatable bonds is 10. The highest BCUT2D eigenvalue weighted by molar-refractivity contribution is 5.81. The highest BCUT2D eigenvalue weighted by Gasteiger charge is 2.25. The third kappa shape index (κ3) is 7.44. The number of nitro groups is 1. The molecule has 142 valence electrons. The van der Waals surface area contributed by atoms with Gasteiger partial charge in [-0.1, -0.05) is 66.7 Å². The average molecular weight is 367 g/mol. The van der Waals surface area contributed by atoms with Gasteiger partial charge in [-0.05, 0) is 36.3 Å². The number of esters is 1. The Morgan fingerprint density at radius 2 is 1.67 bits per heavy atom. The summed E-state index contributed by atoms with van der Waals surface area (Å²) in [4.78, 5) is 22.5. The maximum Gasteiger partial charge on any atom is 0.330 e. The summed E-state index contributed by atoms with van der Waals surface area (Å²) in [6.45, 7) is -0.129. The van der Waals surface area contributed by atoms with Gasteiger partial charge in [0.15, 0.2) is 0 Å². The van der Waals surface area contributed by atoms with Gasteiger partial charge in [0.1, 0.15) is 0 Å². The number of nitrogens with zero attached hydrogens (tertiary/aromatic N) is 1. The lowest BCUT2D eigenvalue weighted by molar-refractivity contribution is -0.489. The Morgan fingerprint density at radius 1 is 1.07 bits per heavy atom. The van der Waals surface area contributed by atoms with Crippen LogP contribution >= 0.6 is 0 Å². The lowest BCUT2D eigenvalue weighted by Crippen LogP contribution is -2.24. The fourth-order valence-electron chi connectivity index (χ4n) is 3.18. The average Bonchev–Trinajstić information content (AvgIpc) is 2.69. The number of allylic oxidation sites excluding steroid dienone is 1. The molecule has 2 aromatic rings. The monoisotopic (exact) mass is 367 g/mol. The van der Waals surface area contributed by atoms with Crippen molar-refractivity contribution in [3.63, 3.8) is 0 Å². The van der Waals surface area contributed by atoms with E-state index in [1.807, 2.05) is 60.7 Å². The molecule has 0 bridgehead atoms. The first-order valence-corrected chi connectivity index (χ1v) is 9.04. The van der Waals surface area contributed by atoms with Crippen LogP contribution in [-0.2, 0) is 22.4 Å². The smallest absolute Gasteiger partial charge is 0.330 e. The molecule has 0 saturated heterocycles. The normalized spacial score (nSPS) is 13.2. The Balaban J connectivity index is 2.19. The van der Waals surface area contributed by atoms with Crippen LogP contribution in [0.5, 0.6) is 0 Å². The molecule has 0 fully saturated rings. The zero-order valence-corrected chi connectivity index (χ0v) is 15.5. The molecule has 0 N–H and O–H groups in total. The van der Waals surface area contributed by atoms with Gasteiger partial charge in [-0.2, -0.15) is 0 Å². The number of benzene rings is 2. The summed E-state index contributed by atoms with van der Waals surface area (Å²) < 4.78 is 4.68. The number of ether oxygens (including phenoxy) is 1. The molecular formula is C22H25NO4. The predicted molar refractivity (Wildman–Crippen MR) is 105 cm³/mol. The zero-order chi connectivity index (χ0) is 19.5. The maximum atomic E-state index is 11.5. The molecular weight excluding hydrogens is 342 g/mol. The van der Waals surface area contributed by atoms with Gasteiger partial charge in [0.2, 0.25) is 6.54 Å². The fourth-order valence-corrected chi connectivity index (χ4v) is 3.18. The number of aryl methyl sites for hydroxylation is 1. The van der Waals surface area contributed by atoms with Crippen LogP contribution in [0, 0.1) is 22.0 Å². The van der Waals surface area contributed by atoms with Gasteiger partial charge in [-0.15, -0.1) is 0 Å². The molecule has 0 saturated carbocycles. The molecule has 0 aromatic heterocycles. The van der Waals surface area contributed by atoms with E-state index in [9.17, 15) is 14.9 Å². The molecule has 0 heterocycles. The number of hydrogen-bond donors (Lipinski definition) is 0. The zero-order valence-electron chi connectivity index (χ0n) is 15.5. The second kappa shape index (κ2) is 10.9. The minimum Gasteiger partial charge on any atom is -0.466 e. The van der Waals surface area contributed by atoms with Crippen LogP contribution in [0.4, 0.5) is 0 Å². The van der Waals surface area contributed by atoms with Crippen molar-refractivity contribution in [1.29, 1.82) is 0 Å². The standard InChI is InChI=1S/C22H25NO4/c1-27-22(24)15-14-20(16-19-10-6-3-7-11-19)21(17-23(25)26)13-12-18-8-4-2-5-9-18/h2-11,14-15,20-21H,12-13,16-17H2,1H3/b15-14-/t20-,21+/m0/s1. The van der Waals surface area contributed by atoms with Gasteiger partial charge in [0, 0.05) is 16.9 Å². The van der Waals surface area contributed by atoms with E-state index in [2.05, 4.69) is 4.74 Å². The first-order valence-electron chi connectivity index (χ1n) is 9.04. The highest BCUT2D eigenvalue weighted by atomic mass is 16.6. The summed E-state index contributed by atoms with van der Waals surface area (Å²) >= 11 is 0. The van der Waals surface area contributed by atoms with E-state index in [0.29, 0.717) is 12.8 Å². The first kappa shape index (κ1) is 20.4. The molecule has 5 nitrogen and oxygen atoms in total. The van der Waals surface area contributed by atoms with Crippen LogP contribution < -0.4 is 0 Å². The Bertz CT molecular complexity index is 743. The van der Waals surface area contributed by atoms with Crippen LogP contribution in [0.3, 0.4) is 0 Å². The van der Waals surface area contributed by atoms with Gasteiger partial charge in [-0.3, -0.25) is 10.1 Å². The van der Waals surface area contributed by atoms with Crippen molar-refractivity contribution >= 4 is 5.97 Å². The Labute approximate surface area is 159 Å². The van der Waals surface area contributed by atoms with E-state index in [0.717, 1.165) is 17.5 Å². The quantitative estimate of drug-likeness (QED) is 0.274. The topological polar surface area (TPSA) is 69.4 Å². The van der Waals surface area contributed by atoms with Gasteiger partial charge in [-0.25, -0.2) is 4.79 Å². The van der Waals surface area contributed by atoms with Crippen LogP contribution in [0.25, 0.3) is 0 Å². The summed E-state index contributed by atoms with van der Waals surface area (Å²) in [6, 6.07) is 19.8. The van der Waals surface area contributed by atoms with Crippen molar-refractivity contribution < 1.29 is 14.5 Å². The summed E-state index contributed by atoms with van der Waals surface area (Å²) in [5.74, 6) is -0.752. The third-order valence-electron chi connectivity index (χ3n) is 4.63. The Morgan fingerprint density at radius 3 is 2.22 bits per heavy atom. The van der Waals surface area contributed by atoms with E-state index >= 15 is 0 Å². The molecule has 0 aliphatic heterocycles. The van der Waals surface area contributed by atoms with Gasteiger partial charge in [0.05, 0.1) is 7.11 Å². The molecule has 0 unspecified atom stereocenters. The minimum absolute atomic E-state index is 0.124. The number of carbonyl (C=O) groups is 1. The largest absolute Gasteiger partial charge is 0.466 e. The van der Waals surface area contributed by atoms with E-state index in [1.165, 1.54) is 13.2 Å². The number of carbonyl (C=O) groups excluding carboxylic acids is 1. The number of methoxy groups -OCH3 is 1. The van der Waals surface area contributed by atoms with Crippen molar-refractivity contribution in [1.82, 2.24) is 0 Å². The summed E-state index contributed by atoms with van der Waals surface area (Å²) in [5.41, 5.74) is 2.24. The minimum atomic E-state index is -0.448. The molecule has 0 aliphatic carbocycles. The van der Waals surface area contributed by atoms with Crippen LogP contribution in [0.1, 0.15) is 17.5 Å². The molecule has 2 atom stereocenters. The molecule has 5 heteroatoms. The second-order valence-electron chi connectivity index (χ2n) is 6.54. The van der Waals surface area contributed by atoms with Crippen molar-refractivity contribution in [3.05, 3.63) is 94.1 Å². The van der Waals surface area contributed by atoms with E-state index < -0.39 is 5.97 Å². The molecule has 27 heavy (non-hydrogen) atoms. The summed E-state index contributed by atoms with van der Waals surface area (Å²) in [5, 5.41) is 11.3. The van der Waals surface area contributed by atoms with Crippen molar-refractivity contribution in [3.8, 4) is 0 Å². The molecule has 0 radical (unpaired) electrons. The lowest BCUT2D eigenvalue weighted by Gasteiger charge is -2.22. The van der Waals surface area contributed by atoms with E-state index in [4.69, 9.17) is 0 Å². The molecule has 0 spiro atoms. The van der Waals surface area contributed by atoms with E-state index in [1.54, 1.807) is 6.08 Å². The van der Waals surface area contributed by atoms with E-state index in [-0.39, 0.29) is 23.3 Å². The van der Waals surface area contributed by atoms with Crippen molar-refractivity contribution in [2.75, 3.05) is 13.7 Å². The van der Waals surface area contributed by atoms with Crippen molar-refractivity contribution in [2.45, 2.75) is 19.3 Å². The lowest BCUT2D eigenvalue weighted by atomic mass is 9.82. The first-order chi connectivity index (χ1) is 13.1. The maximum absolute atomic E-state index is 11.5. The van der Waals surface area contributed by atoms with Gasteiger partial charge >= 0.3 is 5.97 Å². The summed E-state index contributed by atoms with van der Waals surface area (Å²) in [7, 11) is 1.32. The predicted octanol–water partition coefficient (Wildman–Crippen LogP) is 4.10. The van der Waals surface area contributed by atoms with Crippen molar-refractivity contribution in [2.24, 2.45) is 11.8 Å². The third-order valence-corrected chi connectivity index (χ3v) is 4.63. The van der Waals surface area contributed by atoms with Gasteiger partial charge < -0.3 is 4.74 Å². The second-order valence-corrected chi connectivity index (χ2v) is 6.54. The Kier molecular flexibility index (Phi) is 8.23. The van der Waals surface area contributed by atoms with Gasteiger partial charge in [0.25, 0.3) is 0 Å². The highest BCUT2D eigenvalue weighted by Crippen LogP contribution is 2.25. The molecule has 2 rings (SSSR count). The fraction of sp³-hybridized carbons (Fsp3) is 0.318. The van der Waals surface area contributed by atoms with Crippen LogP contribution in [0.2, 0.25) is 0 Å². The summed E-state index contributed by atoms with van der Waals surface area (Å²) in [6.07, 6.45) is 5.22. The van der Waals surface area contributed by atoms with Crippen LogP contribution in [-0.4, -0.2) is 24.5 Å². The molecule has 0 aliphatic rings. The Hall–Kier alpha value is -2.95. The molecule has 2 aromatic carbocycles. The SMILES string of the molecule is COC(=O)/C=C\[C@@H](Cc1ccccc1)[C@H](CCc1ccccc1)C[N+](=O)[O-]. The number of hydrogen-bond acceptors (Lipinski definition) is 4. The molecule has 0 amide bonds. The van der Waals surface area contributed by atoms with Crippen LogP contribution in [0.15, 0.2) is 72.8 Å².